The second kappa shape index (κ2) is 7.88. The predicted octanol–water partition coefficient (Wildman–Crippen LogP) is 2.08. The number of nitrogens with one attached hydrogen (secondary N) is 2. The SMILES string of the molecule is Cc1ccc(OCCNC(=O)NCC(O)C(C)(C)C)cc1. The molecule has 0 bridgehead atoms. The molecule has 1 aromatic rings. The van der Waals surface area contributed by atoms with E-state index in [9.17, 15) is 9.90 Å². The van der Waals surface area contributed by atoms with Crippen LogP contribution in [0.25, 0.3) is 0 Å². The van der Waals surface area contributed by atoms with Gasteiger partial charge in [0.25, 0.3) is 0 Å². The van der Waals surface area contributed by atoms with E-state index in [1.165, 1.54) is 5.56 Å². The molecule has 5 nitrogen and oxygen atoms in total. The molecule has 1 aromatic carbocycles. The smallest absolute Gasteiger partial charge is 0.315 e. The van der Waals surface area contributed by atoms with Crippen LogP contribution < -0.4 is 15.4 Å². The van der Waals surface area contributed by atoms with Crippen LogP contribution >= 0.6 is 0 Å². The minimum atomic E-state index is -0.577. The van der Waals surface area contributed by atoms with E-state index >= 15 is 0 Å². The van der Waals surface area contributed by atoms with E-state index in [-0.39, 0.29) is 18.0 Å². The largest absolute Gasteiger partial charge is 0.492 e. The van der Waals surface area contributed by atoms with E-state index in [4.69, 9.17) is 4.74 Å². The lowest BCUT2D eigenvalue weighted by Gasteiger charge is -2.25. The number of aryl methyl sites for hydroxylation is 1. The van der Waals surface area contributed by atoms with Crippen molar-refractivity contribution in [3.8, 4) is 5.75 Å². The summed E-state index contributed by atoms with van der Waals surface area (Å²) in [6.45, 7) is 8.82. The highest BCUT2D eigenvalue weighted by Gasteiger charge is 2.22. The molecule has 5 heteroatoms. The van der Waals surface area contributed by atoms with Crippen molar-refractivity contribution in [2.75, 3.05) is 19.7 Å². The van der Waals surface area contributed by atoms with Crippen molar-refractivity contribution in [1.82, 2.24) is 10.6 Å². The molecule has 1 rings (SSSR count). The van der Waals surface area contributed by atoms with Gasteiger partial charge in [-0.2, -0.15) is 0 Å². The second-order valence-electron chi connectivity index (χ2n) is 6.18. The van der Waals surface area contributed by atoms with E-state index in [2.05, 4.69) is 10.6 Å². The number of carbonyl (C=O) groups excluding carboxylic acids is 1. The van der Waals surface area contributed by atoms with Crippen LogP contribution in [-0.4, -0.2) is 36.9 Å². The number of rotatable bonds is 6. The van der Waals surface area contributed by atoms with Gasteiger partial charge >= 0.3 is 6.03 Å². The fourth-order valence-electron chi connectivity index (χ4n) is 1.53. The van der Waals surface area contributed by atoms with Crippen LogP contribution in [-0.2, 0) is 0 Å². The zero-order valence-electron chi connectivity index (χ0n) is 13.3. The van der Waals surface area contributed by atoms with E-state index in [1.807, 2.05) is 52.0 Å². The summed E-state index contributed by atoms with van der Waals surface area (Å²) < 4.78 is 5.50. The number of aliphatic hydroxyl groups is 1. The van der Waals surface area contributed by atoms with E-state index in [0.717, 1.165) is 5.75 Å². The average Bonchev–Trinajstić information content (AvgIpc) is 2.41. The number of carbonyl (C=O) groups is 1. The third-order valence-corrected chi connectivity index (χ3v) is 3.13. The Morgan fingerprint density at radius 1 is 1.24 bits per heavy atom. The highest BCUT2D eigenvalue weighted by atomic mass is 16.5. The molecule has 3 N–H and O–H groups in total. The molecule has 0 saturated heterocycles. The zero-order valence-corrected chi connectivity index (χ0v) is 13.3. The molecule has 0 aliphatic rings. The summed E-state index contributed by atoms with van der Waals surface area (Å²) >= 11 is 0. The van der Waals surface area contributed by atoms with Crippen molar-refractivity contribution in [3.05, 3.63) is 29.8 Å². The van der Waals surface area contributed by atoms with E-state index in [1.54, 1.807) is 0 Å². The van der Waals surface area contributed by atoms with Crippen LogP contribution in [0.3, 0.4) is 0 Å². The molecule has 2 amide bonds. The average molecular weight is 294 g/mol. The van der Waals surface area contributed by atoms with Crippen LogP contribution in [0.1, 0.15) is 26.3 Å². The summed E-state index contributed by atoms with van der Waals surface area (Å²) in [4.78, 5) is 11.5. The summed E-state index contributed by atoms with van der Waals surface area (Å²) in [6, 6.07) is 7.45. The maximum Gasteiger partial charge on any atom is 0.315 e. The van der Waals surface area contributed by atoms with Crippen molar-refractivity contribution in [3.63, 3.8) is 0 Å². The van der Waals surface area contributed by atoms with Crippen LogP contribution in [0.15, 0.2) is 24.3 Å². The van der Waals surface area contributed by atoms with Crippen molar-refractivity contribution < 1.29 is 14.6 Å². The van der Waals surface area contributed by atoms with Gasteiger partial charge in [-0.25, -0.2) is 4.79 Å². The van der Waals surface area contributed by atoms with E-state index < -0.39 is 6.10 Å². The lowest BCUT2D eigenvalue weighted by Crippen LogP contribution is -2.44. The third kappa shape index (κ3) is 6.99. The minimum absolute atomic E-state index is 0.230. The predicted molar refractivity (Wildman–Crippen MR) is 83.5 cm³/mol. The first-order valence-electron chi connectivity index (χ1n) is 7.18. The van der Waals surface area contributed by atoms with Gasteiger partial charge in [0.1, 0.15) is 12.4 Å². The number of urea groups is 1. The normalized spacial score (nSPS) is 12.6. The summed E-state index contributed by atoms with van der Waals surface area (Å²) in [6.07, 6.45) is -0.577. The Morgan fingerprint density at radius 2 is 1.86 bits per heavy atom. The quantitative estimate of drug-likeness (QED) is 0.704. The number of hydrogen-bond acceptors (Lipinski definition) is 3. The number of hydrogen-bond donors (Lipinski definition) is 3. The Labute approximate surface area is 126 Å². The lowest BCUT2D eigenvalue weighted by molar-refractivity contribution is 0.0649. The van der Waals surface area contributed by atoms with Gasteiger partial charge in [0.15, 0.2) is 0 Å². The van der Waals surface area contributed by atoms with Crippen LogP contribution in [0.4, 0.5) is 4.79 Å². The molecule has 0 saturated carbocycles. The van der Waals surface area contributed by atoms with Crippen molar-refractivity contribution in [1.29, 1.82) is 0 Å². The van der Waals surface area contributed by atoms with Gasteiger partial charge in [0.05, 0.1) is 12.6 Å². The number of benzene rings is 1. The maximum atomic E-state index is 11.5. The highest BCUT2D eigenvalue weighted by Crippen LogP contribution is 2.17. The zero-order chi connectivity index (χ0) is 15.9. The lowest BCUT2D eigenvalue weighted by atomic mass is 9.89. The van der Waals surface area contributed by atoms with Gasteiger partial charge in [-0.15, -0.1) is 0 Å². The molecule has 0 radical (unpaired) electrons. The molecule has 1 atom stereocenters. The van der Waals surface area contributed by atoms with Crippen LogP contribution in [0.2, 0.25) is 0 Å². The second-order valence-corrected chi connectivity index (χ2v) is 6.18. The van der Waals surface area contributed by atoms with Gasteiger partial charge in [0, 0.05) is 6.54 Å². The Morgan fingerprint density at radius 3 is 2.43 bits per heavy atom. The molecule has 118 valence electrons. The molecule has 0 aliphatic heterocycles. The fourth-order valence-corrected chi connectivity index (χ4v) is 1.53. The first kappa shape index (κ1) is 17.3. The molecule has 0 heterocycles. The van der Waals surface area contributed by atoms with Crippen LogP contribution in [0.5, 0.6) is 5.75 Å². The molecule has 0 fully saturated rings. The molecule has 21 heavy (non-hydrogen) atoms. The van der Waals surface area contributed by atoms with E-state index in [0.29, 0.717) is 13.2 Å². The standard InChI is InChI=1S/C16H26N2O3/c1-12-5-7-13(8-6-12)21-10-9-17-15(20)18-11-14(19)16(2,3)4/h5-8,14,19H,9-11H2,1-4H3,(H2,17,18,20). The maximum absolute atomic E-state index is 11.5. The van der Waals surface area contributed by atoms with Gasteiger partial charge in [-0.3, -0.25) is 0 Å². The molecule has 0 aromatic heterocycles. The molecule has 0 spiro atoms. The molecule has 0 aliphatic carbocycles. The Hall–Kier alpha value is -1.75. The van der Waals surface area contributed by atoms with Crippen molar-refractivity contribution in [2.45, 2.75) is 33.8 Å². The van der Waals surface area contributed by atoms with Crippen molar-refractivity contribution in [2.24, 2.45) is 5.41 Å². The monoisotopic (exact) mass is 294 g/mol. The van der Waals surface area contributed by atoms with Crippen molar-refractivity contribution >= 4 is 6.03 Å². The Kier molecular flexibility index (Phi) is 6.49. The summed E-state index contributed by atoms with van der Waals surface area (Å²) in [5.74, 6) is 0.783. The highest BCUT2D eigenvalue weighted by molar-refractivity contribution is 5.73. The first-order chi connectivity index (χ1) is 9.79. The van der Waals surface area contributed by atoms with Gasteiger partial charge in [-0.05, 0) is 24.5 Å². The summed E-state index contributed by atoms with van der Waals surface area (Å²) in [5, 5.41) is 15.1. The first-order valence-corrected chi connectivity index (χ1v) is 7.18. The topological polar surface area (TPSA) is 70.6 Å². The minimum Gasteiger partial charge on any atom is -0.492 e. The van der Waals surface area contributed by atoms with Crippen LogP contribution in [0, 0.1) is 12.3 Å². The molecular weight excluding hydrogens is 268 g/mol. The molecular formula is C16H26N2O3. The summed E-state index contributed by atoms with van der Waals surface area (Å²) in [5.41, 5.74) is 0.930. The number of ether oxygens (including phenoxy) is 1. The fraction of sp³-hybridized carbons (Fsp3) is 0.562. The molecule has 1 unspecified atom stereocenters. The Balaban J connectivity index is 2.15. The number of amides is 2. The summed E-state index contributed by atoms with van der Waals surface area (Å²) in [7, 11) is 0. The third-order valence-electron chi connectivity index (χ3n) is 3.13. The Bertz CT molecular complexity index is 438. The van der Waals surface area contributed by atoms with Gasteiger partial charge in [0.2, 0.25) is 0 Å². The number of aliphatic hydroxyl groups excluding tert-OH is 1. The van der Waals surface area contributed by atoms with Gasteiger partial charge < -0.3 is 20.5 Å². The van der Waals surface area contributed by atoms with Gasteiger partial charge in [-0.1, -0.05) is 38.5 Å².